The van der Waals surface area contributed by atoms with Gasteiger partial charge < -0.3 is 0 Å². The maximum absolute atomic E-state index is 2.47. The lowest BCUT2D eigenvalue weighted by Gasteiger charge is -2.00. The Labute approximate surface area is 73.4 Å². The van der Waals surface area contributed by atoms with E-state index >= 15 is 0 Å². The molecule has 0 aromatic rings. The van der Waals surface area contributed by atoms with Crippen molar-refractivity contribution in [2.45, 2.75) is 50.2 Å². The van der Waals surface area contributed by atoms with Crippen LogP contribution >= 0.6 is 11.8 Å². The van der Waals surface area contributed by atoms with Crippen molar-refractivity contribution in [1.82, 2.24) is 0 Å². The third-order valence-corrected chi connectivity index (χ3v) is 3.80. The van der Waals surface area contributed by atoms with Crippen molar-refractivity contribution >= 4 is 11.8 Å². The summed E-state index contributed by atoms with van der Waals surface area (Å²) >= 11 is 2.11. The van der Waals surface area contributed by atoms with Gasteiger partial charge in [-0.3, -0.25) is 0 Å². The Morgan fingerprint density at radius 3 is 2.91 bits per heavy atom. The normalized spacial score (nSPS) is 32.0. The SMILES string of the molecule is C1=C2SC2CCCCCCC1. The van der Waals surface area contributed by atoms with Gasteiger partial charge in [-0.25, -0.2) is 0 Å². The minimum absolute atomic E-state index is 0.952. The molecule has 0 spiro atoms. The lowest BCUT2D eigenvalue weighted by atomic mass is 10.1. The molecule has 1 heterocycles. The van der Waals surface area contributed by atoms with E-state index in [1.54, 1.807) is 4.91 Å². The van der Waals surface area contributed by atoms with Gasteiger partial charge in [-0.15, -0.1) is 11.8 Å². The van der Waals surface area contributed by atoms with E-state index in [2.05, 4.69) is 17.8 Å². The smallest absolute Gasteiger partial charge is 0.0398 e. The van der Waals surface area contributed by atoms with E-state index in [0.29, 0.717) is 0 Å². The van der Waals surface area contributed by atoms with Gasteiger partial charge in [0.1, 0.15) is 0 Å². The first-order valence-corrected chi connectivity index (χ1v) is 5.71. The number of hydrogen-bond acceptors (Lipinski definition) is 1. The van der Waals surface area contributed by atoms with E-state index in [-0.39, 0.29) is 0 Å². The molecule has 0 N–H and O–H groups in total. The van der Waals surface area contributed by atoms with Crippen LogP contribution in [-0.2, 0) is 0 Å². The van der Waals surface area contributed by atoms with Crippen molar-refractivity contribution < 1.29 is 0 Å². The Balaban J connectivity index is 1.84. The van der Waals surface area contributed by atoms with E-state index in [1.807, 2.05) is 0 Å². The van der Waals surface area contributed by atoms with Gasteiger partial charge in [0, 0.05) is 5.25 Å². The van der Waals surface area contributed by atoms with Gasteiger partial charge in [0.15, 0.2) is 0 Å². The Hall–Kier alpha value is 0.0900. The Kier molecular flexibility index (Phi) is 2.57. The topological polar surface area (TPSA) is 0 Å². The van der Waals surface area contributed by atoms with Crippen molar-refractivity contribution in [3.8, 4) is 0 Å². The number of allylic oxidation sites excluding steroid dienone is 1. The molecule has 0 radical (unpaired) electrons. The highest BCUT2D eigenvalue weighted by Gasteiger charge is 2.29. The van der Waals surface area contributed by atoms with E-state index in [1.165, 1.54) is 44.9 Å². The summed E-state index contributed by atoms with van der Waals surface area (Å²) in [5.41, 5.74) is 0. The Morgan fingerprint density at radius 2 is 1.91 bits per heavy atom. The molecule has 0 aromatic heterocycles. The molecular formula is C10H16S. The first-order valence-electron chi connectivity index (χ1n) is 4.83. The fourth-order valence-corrected chi connectivity index (χ4v) is 2.73. The van der Waals surface area contributed by atoms with Gasteiger partial charge in [0.2, 0.25) is 0 Å². The molecule has 2 rings (SSSR count). The van der Waals surface area contributed by atoms with Crippen molar-refractivity contribution in [3.05, 3.63) is 11.0 Å². The number of hydrogen-bond donors (Lipinski definition) is 0. The predicted octanol–water partition coefficient (Wildman–Crippen LogP) is 3.73. The summed E-state index contributed by atoms with van der Waals surface area (Å²) in [5, 5.41) is 0.952. The summed E-state index contributed by atoms with van der Waals surface area (Å²) in [4.78, 5) is 1.70. The maximum atomic E-state index is 2.47. The molecule has 0 aromatic carbocycles. The molecule has 0 nitrogen and oxygen atoms in total. The van der Waals surface area contributed by atoms with Crippen molar-refractivity contribution in [2.24, 2.45) is 0 Å². The molecule has 0 amide bonds. The molecule has 0 bridgehead atoms. The second-order valence-corrected chi connectivity index (χ2v) is 4.83. The number of thioether (sulfide) groups is 1. The summed E-state index contributed by atoms with van der Waals surface area (Å²) in [7, 11) is 0. The second-order valence-electron chi connectivity index (χ2n) is 3.56. The highest BCUT2D eigenvalue weighted by molar-refractivity contribution is 8.11. The van der Waals surface area contributed by atoms with Crippen LogP contribution in [0.15, 0.2) is 11.0 Å². The maximum Gasteiger partial charge on any atom is 0.0398 e. The molecule has 1 unspecified atom stereocenters. The Morgan fingerprint density at radius 1 is 1.09 bits per heavy atom. The standard InChI is InChI=1S/C10H16S/c1-2-4-6-8-10-9(11-10)7-5-3-1/h7,10H,1-6,8H2. The minimum atomic E-state index is 0.952. The average Bonchev–Trinajstić information content (AvgIpc) is 2.76. The molecule has 1 saturated heterocycles. The van der Waals surface area contributed by atoms with Crippen molar-refractivity contribution in [3.63, 3.8) is 0 Å². The first kappa shape index (κ1) is 7.72. The van der Waals surface area contributed by atoms with E-state index in [0.717, 1.165) is 5.25 Å². The molecule has 1 heteroatoms. The molecule has 1 aliphatic carbocycles. The largest absolute Gasteiger partial charge is 0.121 e. The van der Waals surface area contributed by atoms with Gasteiger partial charge in [-0.05, 0) is 24.2 Å². The van der Waals surface area contributed by atoms with Crippen LogP contribution in [0.2, 0.25) is 0 Å². The number of fused-ring (bicyclic) bond motifs is 1. The molecule has 2 aliphatic rings. The van der Waals surface area contributed by atoms with Gasteiger partial charge in [-0.1, -0.05) is 31.8 Å². The van der Waals surface area contributed by atoms with Crippen molar-refractivity contribution in [1.29, 1.82) is 0 Å². The number of rotatable bonds is 0. The van der Waals surface area contributed by atoms with Gasteiger partial charge in [0.25, 0.3) is 0 Å². The highest BCUT2D eigenvalue weighted by atomic mass is 32.2. The summed E-state index contributed by atoms with van der Waals surface area (Å²) in [6.07, 6.45) is 12.6. The van der Waals surface area contributed by atoms with Crippen LogP contribution in [0.5, 0.6) is 0 Å². The zero-order chi connectivity index (χ0) is 7.52. The molecular weight excluding hydrogens is 152 g/mol. The van der Waals surface area contributed by atoms with Crippen LogP contribution in [0, 0.1) is 0 Å². The summed E-state index contributed by atoms with van der Waals surface area (Å²) in [6.45, 7) is 0. The van der Waals surface area contributed by atoms with E-state index in [4.69, 9.17) is 0 Å². The summed E-state index contributed by atoms with van der Waals surface area (Å²) in [6, 6.07) is 0. The van der Waals surface area contributed by atoms with Crippen LogP contribution < -0.4 is 0 Å². The zero-order valence-electron chi connectivity index (χ0n) is 7.01. The third kappa shape index (κ3) is 2.26. The average molecular weight is 168 g/mol. The van der Waals surface area contributed by atoms with Crippen LogP contribution in [0.4, 0.5) is 0 Å². The van der Waals surface area contributed by atoms with Gasteiger partial charge in [-0.2, -0.15) is 0 Å². The predicted molar refractivity (Wildman–Crippen MR) is 51.8 cm³/mol. The monoisotopic (exact) mass is 168 g/mol. The minimum Gasteiger partial charge on any atom is -0.121 e. The molecule has 1 aliphatic heterocycles. The molecule has 0 saturated carbocycles. The van der Waals surface area contributed by atoms with Crippen molar-refractivity contribution in [2.75, 3.05) is 0 Å². The summed E-state index contributed by atoms with van der Waals surface area (Å²) in [5.74, 6) is 0. The van der Waals surface area contributed by atoms with E-state index in [9.17, 15) is 0 Å². The lowest BCUT2D eigenvalue weighted by Crippen LogP contribution is -1.86. The molecule has 1 fully saturated rings. The van der Waals surface area contributed by atoms with Crippen LogP contribution in [0.3, 0.4) is 0 Å². The molecule has 62 valence electrons. The third-order valence-electron chi connectivity index (χ3n) is 2.55. The summed E-state index contributed by atoms with van der Waals surface area (Å²) < 4.78 is 0. The fraction of sp³-hybridized carbons (Fsp3) is 0.800. The second kappa shape index (κ2) is 3.66. The van der Waals surface area contributed by atoms with Gasteiger partial charge in [0.05, 0.1) is 0 Å². The zero-order valence-corrected chi connectivity index (χ0v) is 7.83. The van der Waals surface area contributed by atoms with Gasteiger partial charge >= 0.3 is 0 Å². The Bertz CT molecular complexity index is 160. The molecule has 11 heavy (non-hydrogen) atoms. The van der Waals surface area contributed by atoms with E-state index < -0.39 is 0 Å². The molecule has 1 atom stereocenters. The van der Waals surface area contributed by atoms with Crippen LogP contribution in [-0.4, -0.2) is 5.25 Å². The van der Waals surface area contributed by atoms with Crippen LogP contribution in [0.1, 0.15) is 44.9 Å². The lowest BCUT2D eigenvalue weighted by molar-refractivity contribution is 0.600. The fourth-order valence-electron chi connectivity index (χ4n) is 1.76. The van der Waals surface area contributed by atoms with Crippen LogP contribution in [0.25, 0.3) is 0 Å². The highest BCUT2D eigenvalue weighted by Crippen LogP contribution is 2.49. The quantitative estimate of drug-likeness (QED) is 0.497. The first-order chi connectivity index (χ1) is 5.47.